The molecule has 1 N–H and O–H groups in total. The average molecular weight is 210 g/mol. The summed E-state index contributed by atoms with van der Waals surface area (Å²) in [7, 11) is 0. The Morgan fingerprint density at radius 3 is 2.73 bits per heavy atom. The van der Waals surface area contributed by atoms with Gasteiger partial charge in [0.1, 0.15) is 11.5 Å². The molecule has 0 spiro atoms. The Bertz CT molecular complexity index is 416. The van der Waals surface area contributed by atoms with Gasteiger partial charge in [-0.3, -0.25) is 10.1 Å². The average Bonchev–Trinajstić information content (AvgIpc) is 2.82. The van der Waals surface area contributed by atoms with Crippen LogP contribution in [0.25, 0.3) is 0 Å². The van der Waals surface area contributed by atoms with Crippen molar-refractivity contribution in [2.45, 2.75) is 25.3 Å². The maximum Gasteiger partial charge on any atom is 0.292 e. The van der Waals surface area contributed by atoms with Gasteiger partial charge in [-0.2, -0.15) is 0 Å². The Hall–Kier alpha value is -1.65. The fourth-order valence-corrected chi connectivity index (χ4v) is 1.41. The molecule has 0 unspecified atom stereocenters. The number of nitro groups is 1. The lowest BCUT2D eigenvalue weighted by Gasteiger charge is -2.12. The molecule has 0 aliphatic heterocycles. The second-order valence-electron chi connectivity index (χ2n) is 4.10. The van der Waals surface area contributed by atoms with Crippen LogP contribution in [0.4, 0.5) is 15.8 Å². The lowest BCUT2D eigenvalue weighted by Crippen LogP contribution is -2.17. The van der Waals surface area contributed by atoms with Crippen LogP contribution in [0.1, 0.15) is 19.8 Å². The molecule has 0 aromatic heterocycles. The Balaban J connectivity index is 2.34. The first-order chi connectivity index (χ1) is 7.00. The molecule has 0 heterocycles. The van der Waals surface area contributed by atoms with Gasteiger partial charge in [-0.1, -0.05) is 0 Å². The second-order valence-corrected chi connectivity index (χ2v) is 4.10. The Morgan fingerprint density at radius 2 is 2.20 bits per heavy atom. The van der Waals surface area contributed by atoms with Crippen molar-refractivity contribution in [3.05, 3.63) is 34.1 Å². The molecule has 4 nitrogen and oxygen atoms in total. The lowest BCUT2D eigenvalue weighted by atomic mass is 10.2. The summed E-state index contributed by atoms with van der Waals surface area (Å²) in [5, 5.41) is 13.7. The first-order valence-electron chi connectivity index (χ1n) is 4.72. The standard InChI is InChI=1S/C10H11FN2O2/c1-10(4-5-10)12-8-6-7(11)2-3-9(8)13(14)15/h2-3,6,12H,4-5H2,1H3. The molecule has 1 aromatic rings. The minimum Gasteiger partial charge on any atom is -0.374 e. The smallest absolute Gasteiger partial charge is 0.292 e. The van der Waals surface area contributed by atoms with Crippen LogP contribution in [0.3, 0.4) is 0 Å². The molecule has 0 amide bonds. The Kier molecular flexibility index (Phi) is 2.10. The zero-order valence-corrected chi connectivity index (χ0v) is 8.29. The largest absolute Gasteiger partial charge is 0.374 e. The van der Waals surface area contributed by atoms with Crippen LogP contribution in [0.5, 0.6) is 0 Å². The third kappa shape index (κ3) is 2.06. The maximum absolute atomic E-state index is 12.9. The van der Waals surface area contributed by atoms with Gasteiger partial charge in [0.15, 0.2) is 0 Å². The number of benzene rings is 1. The summed E-state index contributed by atoms with van der Waals surface area (Å²) in [5.74, 6) is -0.465. The highest BCUT2D eigenvalue weighted by Crippen LogP contribution is 2.40. The van der Waals surface area contributed by atoms with Crippen molar-refractivity contribution in [1.29, 1.82) is 0 Å². The van der Waals surface area contributed by atoms with Crippen molar-refractivity contribution in [1.82, 2.24) is 0 Å². The van der Waals surface area contributed by atoms with Crippen molar-refractivity contribution in [3.8, 4) is 0 Å². The third-order valence-electron chi connectivity index (χ3n) is 2.59. The number of halogens is 1. The van der Waals surface area contributed by atoms with Gasteiger partial charge in [-0.05, 0) is 25.8 Å². The number of rotatable bonds is 3. The molecule has 1 aliphatic carbocycles. The quantitative estimate of drug-likeness (QED) is 0.616. The zero-order valence-electron chi connectivity index (χ0n) is 8.29. The molecule has 0 atom stereocenters. The topological polar surface area (TPSA) is 55.2 Å². The van der Waals surface area contributed by atoms with E-state index >= 15 is 0 Å². The monoisotopic (exact) mass is 210 g/mol. The van der Waals surface area contributed by atoms with E-state index in [2.05, 4.69) is 5.32 Å². The molecule has 80 valence electrons. The summed E-state index contributed by atoms with van der Waals surface area (Å²) in [4.78, 5) is 10.2. The van der Waals surface area contributed by atoms with Gasteiger partial charge >= 0.3 is 0 Å². The molecule has 1 fully saturated rings. The van der Waals surface area contributed by atoms with Crippen molar-refractivity contribution in [2.24, 2.45) is 0 Å². The summed E-state index contributed by atoms with van der Waals surface area (Å²) in [6, 6.07) is 3.45. The number of anilines is 1. The van der Waals surface area contributed by atoms with Gasteiger partial charge in [-0.15, -0.1) is 0 Å². The summed E-state index contributed by atoms with van der Waals surface area (Å²) in [6.45, 7) is 1.96. The first kappa shape index (κ1) is 9.89. The number of nitrogens with one attached hydrogen (secondary N) is 1. The summed E-state index contributed by atoms with van der Waals surface area (Å²) < 4.78 is 12.9. The summed E-state index contributed by atoms with van der Waals surface area (Å²) >= 11 is 0. The van der Waals surface area contributed by atoms with Gasteiger partial charge in [0, 0.05) is 17.7 Å². The number of hydrogen-bond acceptors (Lipinski definition) is 3. The minimum atomic E-state index is -0.506. The van der Waals surface area contributed by atoms with E-state index in [1.54, 1.807) is 0 Å². The number of nitro benzene ring substituents is 1. The van der Waals surface area contributed by atoms with E-state index in [0.29, 0.717) is 0 Å². The molecule has 5 heteroatoms. The van der Waals surface area contributed by atoms with Crippen LogP contribution in [-0.4, -0.2) is 10.5 Å². The van der Waals surface area contributed by atoms with Crippen LogP contribution in [0.2, 0.25) is 0 Å². The van der Waals surface area contributed by atoms with Gasteiger partial charge in [0.25, 0.3) is 5.69 Å². The molecule has 0 saturated heterocycles. The van der Waals surface area contributed by atoms with Crippen LogP contribution >= 0.6 is 0 Å². The highest BCUT2D eigenvalue weighted by atomic mass is 19.1. The van der Waals surface area contributed by atoms with Crippen molar-refractivity contribution in [3.63, 3.8) is 0 Å². The molecular formula is C10H11FN2O2. The second kappa shape index (κ2) is 3.18. The molecule has 2 rings (SSSR count). The molecule has 0 bridgehead atoms. The van der Waals surface area contributed by atoms with Crippen LogP contribution < -0.4 is 5.32 Å². The highest BCUT2D eigenvalue weighted by Gasteiger charge is 2.38. The predicted octanol–water partition coefficient (Wildman–Crippen LogP) is 2.70. The van der Waals surface area contributed by atoms with Crippen LogP contribution in [0, 0.1) is 15.9 Å². The molecule has 0 radical (unpaired) electrons. The normalized spacial score (nSPS) is 17.2. The third-order valence-corrected chi connectivity index (χ3v) is 2.59. The molecule has 1 saturated carbocycles. The van der Waals surface area contributed by atoms with Crippen molar-refractivity contribution >= 4 is 11.4 Å². The Labute approximate surface area is 86.3 Å². The molecular weight excluding hydrogens is 199 g/mol. The van der Waals surface area contributed by atoms with E-state index in [4.69, 9.17) is 0 Å². The van der Waals surface area contributed by atoms with Crippen molar-refractivity contribution in [2.75, 3.05) is 5.32 Å². The van der Waals surface area contributed by atoms with E-state index in [1.165, 1.54) is 12.1 Å². The first-order valence-corrected chi connectivity index (χ1v) is 4.72. The van der Waals surface area contributed by atoms with E-state index in [0.717, 1.165) is 18.9 Å². The van der Waals surface area contributed by atoms with Gasteiger partial charge in [0.05, 0.1) is 4.92 Å². The van der Waals surface area contributed by atoms with Gasteiger partial charge in [0.2, 0.25) is 0 Å². The minimum absolute atomic E-state index is 0.0791. The highest BCUT2D eigenvalue weighted by molar-refractivity contribution is 5.63. The van der Waals surface area contributed by atoms with Gasteiger partial charge < -0.3 is 5.32 Å². The molecule has 1 aliphatic rings. The molecule has 1 aromatic carbocycles. The number of nitrogens with zero attached hydrogens (tertiary/aromatic N) is 1. The Morgan fingerprint density at radius 1 is 1.53 bits per heavy atom. The lowest BCUT2D eigenvalue weighted by molar-refractivity contribution is -0.384. The fourth-order valence-electron chi connectivity index (χ4n) is 1.41. The van der Waals surface area contributed by atoms with E-state index in [1.807, 2.05) is 6.92 Å². The predicted molar refractivity (Wildman–Crippen MR) is 54.3 cm³/mol. The maximum atomic E-state index is 12.9. The van der Waals surface area contributed by atoms with Gasteiger partial charge in [-0.25, -0.2) is 4.39 Å². The summed E-state index contributed by atoms with van der Waals surface area (Å²) in [5.41, 5.74) is 0.0861. The number of hydrogen-bond donors (Lipinski definition) is 1. The zero-order chi connectivity index (χ0) is 11.1. The molecule has 15 heavy (non-hydrogen) atoms. The van der Waals surface area contributed by atoms with Crippen LogP contribution in [-0.2, 0) is 0 Å². The van der Waals surface area contributed by atoms with E-state index in [9.17, 15) is 14.5 Å². The van der Waals surface area contributed by atoms with E-state index in [-0.39, 0.29) is 16.9 Å². The summed E-state index contributed by atoms with van der Waals surface area (Å²) in [6.07, 6.45) is 1.92. The SMILES string of the molecule is CC1(Nc2cc(F)ccc2[N+](=O)[O-])CC1. The van der Waals surface area contributed by atoms with Crippen molar-refractivity contribution < 1.29 is 9.31 Å². The van der Waals surface area contributed by atoms with E-state index < -0.39 is 10.7 Å². The fraction of sp³-hybridized carbons (Fsp3) is 0.400. The van der Waals surface area contributed by atoms with Crippen LogP contribution in [0.15, 0.2) is 18.2 Å².